The molecule has 2 aromatic heterocycles. The summed E-state index contributed by atoms with van der Waals surface area (Å²) in [6.45, 7) is 9.79. The van der Waals surface area contributed by atoms with Gasteiger partial charge in [0.1, 0.15) is 18.2 Å². The van der Waals surface area contributed by atoms with Crippen LogP contribution in [0.3, 0.4) is 0 Å². The number of aromatic nitrogens is 1. The molecular formula is C30H27N2O+. The van der Waals surface area contributed by atoms with Crippen LogP contribution >= 0.6 is 0 Å². The van der Waals surface area contributed by atoms with E-state index in [0.29, 0.717) is 33.8 Å². The van der Waals surface area contributed by atoms with Crippen molar-refractivity contribution in [3.05, 3.63) is 94.9 Å². The van der Waals surface area contributed by atoms with Crippen molar-refractivity contribution < 1.29 is 17.2 Å². The Labute approximate surface area is 203 Å². The molecular weight excluding hydrogens is 404 g/mol. The second kappa shape index (κ2) is 7.90. The standard InChI is InChI=1S/C30H27N2O/c1-18(2)22-16-20(4)32(6)26(17-22)27-19(3)12-13-24-28-23(21-10-8-7-9-11-21)14-15-25(31-5)30(28)33-29(24)27/h7-18H,1-4,6H3/q+1/i1D3,16D,17D,18D. The Morgan fingerprint density at radius 2 is 1.85 bits per heavy atom. The summed E-state index contributed by atoms with van der Waals surface area (Å²) >= 11 is 0. The number of furan rings is 1. The van der Waals surface area contributed by atoms with Gasteiger partial charge in [-0.3, -0.25) is 0 Å². The van der Waals surface area contributed by atoms with Gasteiger partial charge < -0.3 is 4.42 Å². The number of hydrogen-bond donors (Lipinski definition) is 0. The minimum Gasteiger partial charge on any atom is -0.466 e. The lowest BCUT2D eigenvalue weighted by Gasteiger charge is -2.11. The monoisotopic (exact) mass is 437 g/mol. The molecule has 0 aliphatic heterocycles. The molecule has 162 valence electrons. The normalized spacial score (nSPS) is 16.2. The second-order valence-corrected chi connectivity index (χ2v) is 8.29. The molecule has 3 heteroatoms. The van der Waals surface area contributed by atoms with Crippen LogP contribution in [-0.2, 0) is 7.05 Å². The first-order chi connectivity index (χ1) is 18.3. The summed E-state index contributed by atoms with van der Waals surface area (Å²) in [7, 11) is 1.72. The highest BCUT2D eigenvalue weighted by Gasteiger charge is 2.25. The van der Waals surface area contributed by atoms with Crippen molar-refractivity contribution in [2.45, 2.75) is 33.5 Å². The Balaban J connectivity index is 1.96. The van der Waals surface area contributed by atoms with Crippen LogP contribution in [0.2, 0.25) is 0 Å². The summed E-state index contributed by atoms with van der Waals surface area (Å²) in [5, 5.41) is 1.54. The number of pyridine rings is 1. The van der Waals surface area contributed by atoms with Gasteiger partial charge in [0.05, 0.1) is 14.9 Å². The van der Waals surface area contributed by atoms with Crippen molar-refractivity contribution in [1.82, 2.24) is 0 Å². The molecule has 0 bridgehead atoms. The molecule has 0 aliphatic rings. The van der Waals surface area contributed by atoms with Gasteiger partial charge in [-0.25, -0.2) is 4.85 Å². The summed E-state index contributed by atoms with van der Waals surface area (Å²) in [4.78, 5) is 3.69. The summed E-state index contributed by atoms with van der Waals surface area (Å²) in [6, 6.07) is 17.0. The van der Waals surface area contributed by atoms with Crippen LogP contribution in [0.1, 0.15) is 44.7 Å². The van der Waals surface area contributed by atoms with Crippen molar-refractivity contribution in [2.24, 2.45) is 7.05 Å². The zero-order valence-electron chi connectivity index (χ0n) is 25.0. The van der Waals surface area contributed by atoms with Gasteiger partial charge >= 0.3 is 0 Å². The van der Waals surface area contributed by atoms with Gasteiger partial charge in [-0.15, -0.1) is 0 Å². The predicted molar refractivity (Wildman–Crippen MR) is 136 cm³/mol. The average molecular weight is 438 g/mol. The largest absolute Gasteiger partial charge is 0.466 e. The number of aryl methyl sites for hydroxylation is 1. The minimum atomic E-state index is -2.75. The molecule has 0 saturated heterocycles. The van der Waals surface area contributed by atoms with E-state index >= 15 is 0 Å². The van der Waals surface area contributed by atoms with E-state index in [1.807, 2.05) is 55.5 Å². The van der Waals surface area contributed by atoms with E-state index in [0.717, 1.165) is 27.5 Å². The molecule has 2 heterocycles. The maximum atomic E-state index is 9.16. The van der Waals surface area contributed by atoms with E-state index in [4.69, 9.17) is 19.2 Å². The fourth-order valence-corrected chi connectivity index (χ4v) is 4.35. The molecule has 5 aromatic rings. The molecule has 0 fully saturated rings. The van der Waals surface area contributed by atoms with Gasteiger partial charge in [0, 0.05) is 35.3 Å². The quantitative estimate of drug-likeness (QED) is 0.207. The van der Waals surface area contributed by atoms with Gasteiger partial charge in [0.25, 0.3) is 0 Å². The van der Waals surface area contributed by atoms with E-state index in [1.54, 1.807) is 24.6 Å². The highest BCUT2D eigenvalue weighted by molar-refractivity contribution is 6.18. The molecule has 3 aromatic carbocycles. The summed E-state index contributed by atoms with van der Waals surface area (Å²) in [6.07, 6.45) is 0. The van der Waals surface area contributed by atoms with Crippen molar-refractivity contribution in [3.8, 4) is 22.4 Å². The molecule has 0 saturated carbocycles. The highest BCUT2D eigenvalue weighted by Crippen LogP contribution is 2.44. The Kier molecular flexibility index (Phi) is 3.60. The fourth-order valence-electron chi connectivity index (χ4n) is 4.35. The van der Waals surface area contributed by atoms with Crippen molar-refractivity contribution in [3.63, 3.8) is 0 Å². The molecule has 0 radical (unpaired) electrons. The summed E-state index contributed by atoms with van der Waals surface area (Å²) in [5.41, 5.74) is 5.10. The molecule has 33 heavy (non-hydrogen) atoms. The molecule has 0 aliphatic carbocycles. The van der Waals surface area contributed by atoms with E-state index in [9.17, 15) is 0 Å². The van der Waals surface area contributed by atoms with Crippen molar-refractivity contribution >= 4 is 27.6 Å². The molecule has 1 atom stereocenters. The van der Waals surface area contributed by atoms with Crippen LogP contribution < -0.4 is 4.57 Å². The lowest BCUT2D eigenvalue weighted by Crippen LogP contribution is -2.35. The number of rotatable bonds is 3. The van der Waals surface area contributed by atoms with Crippen LogP contribution in [0.15, 0.2) is 71.1 Å². The van der Waals surface area contributed by atoms with Gasteiger partial charge in [0.15, 0.2) is 5.69 Å². The van der Waals surface area contributed by atoms with Crippen LogP contribution in [-0.4, -0.2) is 0 Å². The van der Waals surface area contributed by atoms with E-state index in [2.05, 4.69) is 4.85 Å². The van der Waals surface area contributed by atoms with E-state index in [1.165, 1.54) is 6.92 Å². The number of benzene rings is 3. The van der Waals surface area contributed by atoms with Crippen molar-refractivity contribution in [2.75, 3.05) is 0 Å². The summed E-state index contributed by atoms with van der Waals surface area (Å²) < 4.78 is 58.7. The van der Waals surface area contributed by atoms with Crippen LogP contribution in [0.25, 0.3) is 49.2 Å². The Hall–Kier alpha value is -3.90. The Morgan fingerprint density at radius 3 is 2.58 bits per heavy atom. The second-order valence-electron chi connectivity index (χ2n) is 8.29. The van der Waals surface area contributed by atoms with E-state index < -0.39 is 12.7 Å². The van der Waals surface area contributed by atoms with Gasteiger partial charge in [-0.1, -0.05) is 68.4 Å². The van der Waals surface area contributed by atoms with E-state index in [-0.39, 0.29) is 17.6 Å². The van der Waals surface area contributed by atoms with Gasteiger partial charge in [0.2, 0.25) is 11.4 Å². The number of hydrogen-bond acceptors (Lipinski definition) is 1. The minimum absolute atomic E-state index is 0.143. The third-order valence-electron chi connectivity index (χ3n) is 6.18. The average Bonchev–Trinajstić information content (AvgIpc) is 3.27. The first-order valence-electron chi connectivity index (χ1n) is 13.7. The topological polar surface area (TPSA) is 21.4 Å². The summed E-state index contributed by atoms with van der Waals surface area (Å²) in [5.74, 6) is -2.18. The molecule has 3 nitrogen and oxygen atoms in total. The molecule has 0 spiro atoms. The molecule has 0 amide bonds. The third-order valence-corrected chi connectivity index (χ3v) is 6.18. The molecule has 5 rings (SSSR count). The van der Waals surface area contributed by atoms with Crippen LogP contribution in [0.4, 0.5) is 5.69 Å². The molecule has 0 N–H and O–H groups in total. The fraction of sp³-hybridized carbons (Fsp3) is 0.200. The first-order valence-corrected chi connectivity index (χ1v) is 10.7. The highest BCUT2D eigenvalue weighted by atomic mass is 16.3. The molecule has 1 unspecified atom stereocenters. The van der Waals surface area contributed by atoms with Gasteiger partial charge in [-0.05, 0) is 35.1 Å². The first kappa shape index (κ1) is 15.0. The Bertz CT molecular complexity index is 1830. The predicted octanol–water partition coefficient (Wildman–Crippen LogP) is 8.04. The van der Waals surface area contributed by atoms with Crippen LogP contribution in [0.5, 0.6) is 0 Å². The van der Waals surface area contributed by atoms with Crippen molar-refractivity contribution in [1.29, 1.82) is 0 Å². The zero-order chi connectivity index (χ0) is 28.4. The maximum absolute atomic E-state index is 9.16. The number of fused-ring (bicyclic) bond motifs is 3. The van der Waals surface area contributed by atoms with Gasteiger partial charge in [-0.2, -0.15) is 4.57 Å². The Morgan fingerprint density at radius 1 is 1.06 bits per heavy atom. The third kappa shape index (κ3) is 3.31. The SMILES string of the molecule is [2H]c1c(C([2H])(C)C([2H])([2H])[2H])c([2H])c(-c2c(C)ccc3c2oc2c([N+]#[C-])ccc(-c4ccccc4)c23)[n+](C)c1C. The maximum Gasteiger partial charge on any atom is 0.229 e. The zero-order valence-corrected chi connectivity index (χ0v) is 19.0. The van der Waals surface area contributed by atoms with Crippen LogP contribution in [0, 0.1) is 20.4 Å². The number of nitrogens with zero attached hydrogens (tertiary/aromatic N) is 2. The lowest BCUT2D eigenvalue weighted by molar-refractivity contribution is -0.666. The lowest BCUT2D eigenvalue weighted by atomic mass is 9.94. The smallest absolute Gasteiger partial charge is 0.229 e.